The van der Waals surface area contributed by atoms with Gasteiger partial charge in [0.2, 0.25) is 0 Å². The number of nitrogens with one attached hydrogen (secondary N) is 2. The standard InChI is InChI=1S/C29H36N4O2/c1-29(2,3)35-28(34)33-16-13-20(14-17-33)12-15-30-19-21-8-10-22(11-9-21)26-25-18-23-6-4-5-7-24(23)27(25)32-31-26/h4-11,20,30H,12-19H2,1-3H3,(H,31,32). The molecule has 2 aromatic carbocycles. The van der Waals surface area contributed by atoms with Crippen molar-refractivity contribution in [2.24, 2.45) is 5.92 Å². The normalized spacial score (nSPS) is 15.7. The van der Waals surface area contributed by atoms with Gasteiger partial charge in [-0.05, 0) is 63.6 Å². The summed E-state index contributed by atoms with van der Waals surface area (Å²) in [6.45, 7) is 9.19. The quantitative estimate of drug-likeness (QED) is 0.349. The van der Waals surface area contributed by atoms with Crippen LogP contribution in [0.3, 0.4) is 0 Å². The summed E-state index contributed by atoms with van der Waals surface area (Å²) in [5.74, 6) is 0.662. The number of H-pyrrole nitrogens is 1. The van der Waals surface area contributed by atoms with Crippen LogP contribution < -0.4 is 5.32 Å². The second kappa shape index (κ2) is 9.86. The van der Waals surface area contributed by atoms with E-state index in [0.717, 1.165) is 63.1 Å². The molecule has 2 N–H and O–H groups in total. The predicted molar refractivity (Wildman–Crippen MR) is 139 cm³/mol. The van der Waals surface area contributed by atoms with Crippen molar-refractivity contribution in [1.82, 2.24) is 20.4 Å². The third-order valence-corrected chi connectivity index (χ3v) is 7.07. The van der Waals surface area contributed by atoms with Crippen molar-refractivity contribution in [1.29, 1.82) is 0 Å². The van der Waals surface area contributed by atoms with Crippen LogP contribution in [-0.4, -0.2) is 46.4 Å². The summed E-state index contributed by atoms with van der Waals surface area (Å²) < 4.78 is 5.50. The summed E-state index contributed by atoms with van der Waals surface area (Å²) in [7, 11) is 0. The average Bonchev–Trinajstić information content (AvgIpc) is 3.41. The van der Waals surface area contributed by atoms with Gasteiger partial charge in [0.1, 0.15) is 5.60 Å². The fourth-order valence-corrected chi connectivity index (χ4v) is 5.16. The number of rotatable bonds is 6. The Morgan fingerprint density at radius 2 is 1.86 bits per heavy atom. The topological polar surface area (TPSA) is 70.2 Å². The molecule has 0 saturated carbocycles. The van der Waals surface area contributed by atoms with Crippen molar-refractivity contribution in [3.8, 4) is 22.5 Å². The number of carbonyl (C=O) groups is 1. The Kier molecular flexibility index (Phi) is 6.65. The number of benzene rings is 2. The van der Waals surface area contributed by atoms with Crippen molar-refractivity contribution in [3.05, 3.63) is 65.2 Å². The Morgan fingerprint density at radius 3 is 2.60 bits per heavy atom. The minimum absolute atomic E-state index is 0.179. The molecular weight excluding hydrogens is 436 g/mol. The molecule has 35 heavy (non-hydrogen) atoms. The molecule has 0 radical (unpaired) electrons. The molecule has 1 amide bonds. The number of carbonyl (C=O) groups excluding carboxylic acids is 1. The summed E-state index contributed by atoms with van der Waals surface area (Å²) in [6.07, 6.45) is 4.00. The van der Waals surface area contributed by atoms with Crippen LogP contribution in [0.5, 0.6) is 0 Å². The molecule has 3 aromatic rings. The maximum atomic E-state index is 12.2. The Bertz CT molecular complexity index is 1170. The van der Waals surface area contributed by atoms with Crippen molar-refractivity contribution >= 4 is 6.09 Å². The zero-order chi connectivity index (χ0) is 24.4. The minimum atomic E-state index is -0.430. The number of aromatic amines is 1. The van der Waals surface area contributed by atoms with Gasteiger partial charge in [-0.25, -0.2) is 4.79 Å². The van der Waals surface area contributed by atoms with Crippen LogP contribution in [0, 0.1) is 5.92 Å². The molecule has 6 heteroatoms. The lowest BCUT2D eigenvalue weighted by molar-refractivity contribution is 0.0181. The number of piperidine rings is 1. The van der Waals surface area contributed by atoms with Crippen molar-refractivity contribution in [2.45, 2.75) is 58.6 Å². The molecule has 5 rings (SSSR count). The average molecular weight is 473 g/mol. The lowest BCUT2D eigenvalue weighted by atomic mass is 9.94. The number of ether oxygens (including phenoxy) is 1. The van der Waals surface area contributed by atoms with Gasteiger partial charge in [0, 0.05) is 42.7 Å². The third kappa shape index (κ3) is 5.43. The Labute approximate surface area is 208 Å². The molecule has 184 valence electrons. The molecule has 1 fully saturated rings. The Morgan fingerprint density at radius 1 is 1.11 bits per heavy atom. The molecule has 0 atom stereocenters. The molecule has 1 aromatic heterocycles. The number of amides is 1. The molecular formula is C29H36N4O2. The number of likely N-dealkylation sites (tertiary alicyclic amines) is 1. The van der Waals surface area contributed by atoms with Gasteiger partial charge in [0.25, 0.3) is 0 Å². The van der Waals surface area contributed by atoms with E-state index in [-0.39, 0.29) is 6.09 Å². The fourth-order valence-electron chi connectivity index (χ4n) is 5.16. The molecule has 1 saturated heterocycles. The highest BCUT2D eigenvalue weighted by atomic mass is 16.6. The van der Waals surface area contributed by atoms with E-state index in [4.69, 9.17) is 4.74 Å². The maximum absolute atomic E-state index is 12.2. The predicted octanol–water partition coefficient (Wildman–Crippen LogP) is 5.77. The van der Waals surface area contributed by atoms with Crippen LogP contribution in [0.25, 0.3) is 22.5 Å². The summed E-state index contributed by atoms with van der Waals surface area (Å²) in [6, 6.07) is 17.3. The van der Waals surface area contributed by atoms with Gasteiger partial charge in [-0.2, -0.15) is 5.10 Å². The first-order valence-corrected chi connectivity index (χ1v) is 12.8. The SMILES string of the molecule is CC(C)(C)OC(=O)N1CCC(CCNCc2ccc(-c3n[nH]c4c3Cc3ccccc3-4)cc2)CC1. The highest BCUT2D eigenvalue weighted by Gasteiger charge is 2.27. The largest absolute Gasteiger partial charge is 0.444 e. The van der Waals surface area contributed by atoms with Gasteiger partial charge in [-0.3, -0.25) is 5.10 Å². The Hall–Kier alpha value is -3.12. The smallest absolute Gasteiger partial charge is 0.410 e. The summed E-state index contributed by atoms with van der Waals surface area (Å²) >= 11 is 0. The zero-order valence-electron chi connectivity index (χ0n) is 21.1. The summed E-state index contributed by atoms with van der Waals surface area (Å²) in [4.78, 5) is 14.1. The van der Waals surface area contributed by atoms with Gasteiger partial charge in [0.15, 0.2) is 0 Å². The highest BCUT2D eigenvalue weighted by Crippen LogP contribution is 2.39. The highest BCUT2D eigenvalue weighted by molar-refractivity contribution is 5.80. The van der Waals surface area contributed by atoms with E-state index in [1.165, 1.54) is 27.9 Å². The number of fused-ring (bicyclic) bond motifs is 3. The summed E-state index contributed by atoms with van der Waals surface area (Å²) in [5.41, 5.74) is 8.19. The first-order chi connectivity index (χ1) is 16.9. The molecule has 1 aliphatic carbocycles. The van der Waals surface area contributed by atoms with Crippen LogP contribution >= 0.6 is 0 Å². The van der Waals surface area contributed by atoms with Gasteiger partial charge < -0.3 is 15.0 Å². The van der Waals surface area contributed by atoms with Crippen molar-refractivity contribution in [3.63, 3.8) is 0 Å². The Balaban J connectivity index is 1.06. The minimum Gasteiger partial charge on any atom is -0.444 e. The molecule has 0 spiro atoms. The van der Waals surface area contributed by atoms with E-state index < -0.39 is 5.60 Å². The van der Waals surface area contributed by atoms with E-state index in [9.17, 15) is 4.79 Å². The van der Waals surface area contributed by atoms with Crippen molar-refractivity contribution in [2.75, 3.05) is 19.6 Å². The van der Waals surface area contributed by atoms with Gasteiger partial charge in [0.05, 0.1) is 11.4 Å². The molecule has 2 aliphatic rings. The monoisotopic (exact) mass is 472 g/mol. The molecule has 0 bridgehead atoms. The zero-order valence-corrected chi connectivity index (χ0v) is 21.1. The second-order valence-corrected chi connectivity index (χ2v) is 10.8. The fraction of sp³-hybridized carbons (Fsp3) is 0.448. The van der Waals surface area contributed by atoms with Crippen LogP contribution in [0.2, 0.25) is 0 Å². The van der Waals surface area contributed by atoms with Gasteiger partial charge in [-0.15, -0.1) is 0 Å². The lowest BCUT2D eigenvalue weighted by Gasteiger charge is -2.33. The number of hydrogen-bond donors (Lipinski definition) is 2. The van der Waals surface area contributed by atoms with Gasteiger partial charge in [-0.1, -0.05) is 48.5 Å². The molecule has 2 heterocycles. The molecule has 0 unspecified atom stereocenters. The van der Waals surface area contributed by atoms with Crippen LogP contribution in [0.15, 0.2) is 48.5 Å². The first kappa shape index (κ1) is 23.6. The van der Waals surface area contributed by atoms with E-state index >= 15 is 0 Å². The number of nitrogens with zero attached hydrogens (tertiary/aromatic N) is 2. The van der Waals surface area contributed by atoms with E-state index in [1.807, 2.05) is 25.7 Å². The maximum Gasteiger partial charge on any atom is 0.410 e. The number of hydrogen-bond acceptors (Lipinski definition) is 4. The summed E-state index contributed by atoms with van der Waals surface area (Å²) in [5, 5.41) is 11.5. The van der Waals surface area contributed by atoms with E-state index in [1.54, 1.807) is 0 Å². The second-order valence-electron chi connectivity index (χ2n) is 10.8. The molecule has 1 aliphatic heterocycles. The van der Waals surface area contributed by atoms with Crippen molar-refractivity contribution < 1.29 is 9.53 Å². The number of aromatic nitrogens is 2. The van der Waals surface area contributed by atoms with Crippen LogP contribution in [0.1, 0.15) is 56.7 Å². The third-order valence-electron chi connectivity index (χ3n) is 7.07. The van der Waals surface area contributed by atoms with Crippen LogP contribution in [-0.2, 0) is 17.7 Å². The first-order valence-electron chi connectivity index (χ1n) is 12.8. The molecule has 6 nitrogen and oxygen atoms in total. The van der Waals surface area contributed by atoms with Crippen LogP contribution in [0.4, 0.5) is 4.79 Å². The van der Waals surface area contributed by atoms with E-state index in [2.05, 4.69) is 64.0 Å². The van der Waals surface area contributed by atoms with Gasteiger partial charge >= 0.3 is 6.09 Å². The lowest BCUT2D eigenvalue weighted by Crippen LogP contribution is -2.42. The van der Waals surface area contributed by atoms with E-state index in [0.29, 0.717) is 5.92 Å².